The smallest absolute Gasteiger partial charge is 0.346 e. The van der Waals surface area contributed by atoms with Crippen LogP contribution in [0, 0.1) is 0 Å². The molecule has 10 heteroatoms. The number of hydrazone groups is 1. The molecule has 1 unspecified atom stereocenters. The van der Waals surface area contributed by atoms with Crippen LogP contribution >= 0.6 is 27.3 Å². The van der Waals surface area contributed by atoms with Crippen LogP contribution in [-0.2, 0) is 9.53 Å². The first-order valence-electron chi connectivity index (χ1n) is 7.06. The SMILES string of the molecule is COC(=O)C(C)Oc1cc(Br)c(C=NNc2nc(N)cs2)cc1OC. The molecule has 0 fully saturated rings. The Hall–Kier alpha value is -2.33. The number of nitrogen functional groups attached to an aromatic ring is 1. The first-order chi connectivity index (χ1) is 11.9. The van der Waals surface area contributed by atoms with Crippen molar-refractivity contribution in [3.05, 3.63) is 27.5 Å². The summed E-state index contributed by atoms with van der Waals surface area (Å²) in [5.41, 5.74) is 9.08. The monoisotopic (exact) mass is 428 g/mol. The highest BCUT2D eigenvalue weighted by Gasteiger charge is 2.18. The Balaban J connectivity index is 2.16. The van der Waals surface area contributed by atoms with Crippen molar-refractivity contribution in [1.82, 2.24) is 4.98 Å². The van der Waals surface area contributed by atoms with Crippen molar-refractivity contribution in [2.45, 2.75) is 13.0 Å². The van der Waals surface area contributed by atoms with Crippen LogP contribution in [0.3, 0.4) is 0 Å². The van der Waals surface area contributed by atoms with E-state index in [9.17, 15) is 4.79 Å². The van der Waals surface area contributed by atoms with E-state index in [4.69, 9.17) is 15.2 Å². The molecule has 0 saturated carbocycles. The zero-order valence-corrected chi connectivity index (χ0v) is 16.2. The highest BCUT2D eigenvalue weighted by atomic mass is 79.9. The number of nitrogens with zero attached hydrogens (tertiary/aromatic N) is 2. The molecule has 0 amide bonds. The molecule has 1 aromatic carbocycles. The van der Waals surface area contributed by atoms with Gasteiger partial charge in [0.05, 0.1) is 20.4 Å². The summed E-state index contributed by atoms with van der Waals surface area (Å²) in [6.07, 6.45) is 0.833. The van der Waals surface area contributed by atoms with E-state index in [0.717, 1.165) is 5.56 Å². The molecule has 134 valence electrons. The number of aromatic nitrogens is 1. The predicted molar refractivity (Wildman–Crippen MR) is 101 cm³/mol. The number of nitrogens with two attached hydrogens (primary N) is 1. The second kappa shape index (κ2) is 8.67. The molecular weight excluding hydrogens is 412 g/mol. The van der Waals surface area contributed by atoms with Gasteiger partial charge >= 0.3 is 5.97 Å². The lowest BCUT2D eigenvalue weighted by Crippen LogP contribution is -2.25. The average Bonchev–Trinajstić information content (AvgIpc) is 3.01. The normalized spacial score (nSPS) is 12.0. The summed E-state index contributed by atoms with van der Waals surface area (Å²) < 4.78 is 16.3. The van der Waals surface area contributed by atoms with Gasteiger partial charge in [-0.3, -0.25) is 5.43 Å². The number of halogens is 1. The Labute approximate surface area is 157 Å². The molecule has 2 aromatic rings. The minimum atomic E-state index is -0.762. The zero-order chi connectivity index (χ0) is 18.4. The number of carbonyl (C=O) groups excluding carboxylic acids is 1. The zero-order valence-electron chi connectivity index (χ0n) is 13.8. The number of thiazole rings is 1. The maximum atomic E-state index is 11.5. The Morgan fingerprint density at radius 2 is 2.20 bits per heavy atom. The van der Waals surface area contributed by atoms with Gasteiger partial charge in [0.25, 0.3) is 0 Å². The van der Waals surface area contributed by atoms with Crippen molar-refractivity contribution >= 4 is 50.4 Å². The molecule has 0 aliphatic heterocycles. The number of ether oxygens (including phenoxy) is 3. The van der Waals surface area contributed by atoms with Crippen LogP contribution in [0.15, 0.2) is 27.1 Å². The Bertz CT molecular complexity index is 781. The summed E-state index contributed by atoms with van der Waals surface area (Å²) in [6, 6.07) is 3.42. The summed E-state index contributed by atoms with van der Waals surface area (Å²) in [5.74, 6) is 0.825. The third-order valence-electron chi connectivity index (χ3n) is 3.01. The van der Waals surface area contributed by atoms with Crippen LogP contribution in [0.2, 0.25) is 0 Å². The molecule has 2 rings (SSSR count). The van der Waals surface area contributed by atoms with Gasteiger partial charge < -0.3 is 19.9 Å². The average molecular weight is 429 g/mol. The van der Waals surface area contributed by atoms with Crippen molar-refractivity contribution in [3.8, 4) is 11.5 Å². The fourth-order valence-electron chi connectivity index (χ4n) is 1.80. The molecule has 0 bridgehead atoms. The molecule has 8 nitrogen and oxygen atoms in total. The van der Waals surface area contributed by atoms with E-state index >= 15 is 0 Å². The minimum absolute atomic E-state index is 0.407. The van der Waals surface area contributed by atoms with E-state index in [0.29, 0.717) is 26.9 Å². The van der Waals surface area contributed by atoms with Crippen LogP contribution in [0.25, 0.3) is 0 Å². The van der Waals surface area contributed by atoms with E-state index in [1.165, 1.54) is 25.6 Å². The van der Waals surface area contributed by atoms with Gasteiger partial charge in [-0.2, -0.15) is 5.10 Å². The van der Waals surface area contributed by atoms with Crippen molar-refractivity contribution in [1.29, 1.82) is 0 Å². The quantitative estimate of drug-likeness (QED) is 0.396. The number of rotatable bonds is 7. The molecule has 0 aliphatic carbocycles. The van der Waals surface area contributed by atoms with Crippen molar-refractivity contribution < 1.29 is 19.0 Å². The first kappa shape index (κ1) is 19.0. The van der Waals surface area contributed by atoms with Crippen molar-refractivity contribution in [2.75, 3.05) is 25.4 Å². The maximum absolute atomic E-state index is 11.5. The summed E-state index contributed by atoms with van der Waals surface area (Å²) in [5, 5.41) is 6.41. The van der Waals surface area contributed by atoms with Gasteiger partial charge in [-0.05, 0) is 35.0 Å². The number of anilines is 2. The van der Waals surface area contributed by atoms with Crippen LogP contribution in [0.4, 0.5) is 10.9 Å². The summed E-state index contributed by atoms with van der Waals surface area (Å²) >= 11 is 4.79. The third kappa shape index (κ3) is 5.07. The van der Waals surface area contributed by atoms with Gasteiger partial charge in [-0.25, -0.2) is 9.78 Å². The summed E-state index contributed by atoms with van der Waals surface area (Å²) in [4.78, 5) is 15.5. The standard InChI is InChI=1S/C15H17BrN4O4S/c1-8(14(21)23-3)24-12-5-10(16)9(4-11(12)22-2)6-18-20-15-19-13(17)7-25-15/h4-8H,17H2,1-3H3,(H,19,20). The molecule has 1 atom stereocenters. The molecule has 0 saturated heterocycles. The lowest BCUT2D eigenvalue weighted by molar-refractivity contribution is -0.147. The van der Waals surface area contributed by atoms with Crippen molar-refractivity contribution in [3.63, 3.8) is 0 Å². The summed E-state index contributed by atoms with van der Waals surface area (Å²) in [7, 11) is 2.81. The lowest BCUT2D eigenvalue weighted by atomic mass is 10.2. The molecule has 25 heavy (non-hydrogen) atoms. The first-order valence-corrected chi connectivity index (χ1v) is 8.74. The van der Waals surface area contributed by atoms with Gasteiger partial charge in [-0.1, -0.05) is 0 Å². The highest BCUT2D eigenvalue weighted by Crippen LogP contribution is 2.33. The van der Waals surface area contributed by atoms with Gasteiger partial charge in [0, 0.05) is 15.4 Å². The fourth-order valence-corrected chi connectivity index (χ4v) is 2.77. The number of carbonyl (C=O) groups is 1. The van der Waals surface area contributed by atoms with Crippen LogP contribution in [0.5, 0.6) is 11.5 Å². The molecule has 1 aromatic heterocycles. The van der Waals surface area contributed by atoms with Gasteiger partial charge in [0.2, 0.25) is 5.13 Å². The molecular formula is C15H17BrN4O4S. The Morgan fingerprint density at radius 3 is 2.80 bits per heavy atom. The fraction of sp³-hybridized carbons (Fsp3) is 0.267. The van der Waals surface area contributed by atoms with E-state index in [1.54, 1.807) is 30.7 Å². The van der Waals surface area contributed by atoms with Gasteiger partial charge in [0.1, 0.15) is 5.82 Å². The van der Waals surface area contributed by atoms with Gasteiger partial charge in [-0.15, -0.1) is 11.3 Å². The molecule has 0 aliphatic rings. The van der Waals surface area contributed by atoms with E-state index < -0.39 is 12.1 Å². The molecule has 0 spiro atoms. The number of hydrogen-bond donors (Lipinski definition) is 2. The van der Waals surface area contributed by atoms with E-state index in [1.807, 2.05) is 0 Å². The maximum Gasteiger partial charge on any atom is 0.346 e. The van der Waals surface area contributed by atoms with E-state index in [-0.39, 0.29) is 0 Å². The van der Waals surface area contributed by atoms with Crippen LogP contribution in [0.1, 0.15) is 12.5 Å². The van der Waals surface area contributed by atoms with Gasteiger partial charge in [0.15, 0.2) is 17.6 Å². The van der Waals surface area contributed by atoms with Crippen LogP contribution < -0.4 is 20.6 Å². The molecule has 0 radical (unpaired) electrons. The number of hydrogen-bond acceptors (Lipinski definition) is 9. The molecule has 3 N–H and O–H groups in total. The topological polar surface area (TPSA) is 108 Å². The number of nitrogens with one attached hydrogen (secondary N) is 1. The highest BCUT2D eigenvalue weighted by molar-refractivity contribution is 9.10. The Kier molecular flexibility index (Phi) is 6.59. The van der Waals surface area contributed by atoms with Crippen LogP contribution in [-0.4, -0.2) is 37.5 Å². The lowest BCUT2D eigenvalue weighted by Gasteiger charge is -2.16. The number of esters is 1. The second-order valence-electron chi connectivity index (χ2n) is 4.76. The van der Waals surface area contributed by atoms with Crippen molar-refractivity contribution in [2.24, 2.45) is 5.10 Å². The molecule has 1 heterocycles. The second-order valence-corrected chi connectivity index (χ2v) is 6.47. The minimum Gasteiger partial charge on any atom is -0.493 e. The van der Waals surface area contributed by atoms with E-state index in [2.05, 4.69) is 36.2 Å². The number of methoxy groups -OCH3 is 2. The predicted octanol–water partition coefficient (Wildman–Crippen LogP) is 2.88. The third-order valence-corrected chi connectivity index (χ3v) is 4.46. The summed E-state index contributed by atoms with van der Waals surface area (Å²) in [6.45, 7) is 1.60. The number of benzene rings is 1. The largest absolute Gasteiger partial charge is 0.493 e. The Morgan fingerprint density at radius 1 is 1.44 bits per heavy atom.